The van der Waals surface area contributed by atoms with Gasteiger partial charge in [0.05, 0.1) is 6.61 Å². The first-order valence-electron chi connectivity index (χ1n) is 9.11. The molecule has 1 atom stereocenters. The number of carbonyl (C=O) groups is 1. The van der Waals surface area contributed by atoms with Gasteiger partial charge in [-0.05, 0) is 30.7 Å². The number of hydrogen-bond acceptors (Lipinski definition) is 4. The standard InChI is InChI=1S/C19H29ClN4O2S/c1-23(2)18(25)12-22-19(24(3)13-15-8-10-26-14-15)21-9-11-27-17-6-4-16(20)5-7-17/h4-7,15H,8-14H2,1-3H3,(H,21,22). The van der Waals surface area contributed by atoms with E-state index >= 15 is 0 Å². The molecule has 1 aromatic carbocycles. The number of rotatable bonds is 8. The van der Waals surface area contributed by atoms with Gasteiger partial charge in [-0.3, -0.25) is 4.79 Å². The van der Waals surface area contributed by atoms with E-state index in [4.69, 9.17) is 16.3 Å². The zero-order valence-corrected chi connectivity index (χ0v) is 17.9. The van der Waals surface area contributed by atoms with Gasteiger partial charge in [-0.2, -0.15) is 0 Å². The number of nitrogens with zero attached hydrogens (tertiary/aromatic N) is 3. The number of ether oxygens (including phenoxy) is 1. The minimum absolute atomic E-state index is 0.0116. The smallest absolute Gasteiger partial charge is 0.243 e. The number of aliphatic imine (C=N–C) groups is 1. The molecule has 27 heavy (non-hydrogen) atoms. The molecule has 1 aliphatic heterocycles. The SMILES string of the molecule is CN(C)C(=O)CN=C(NCCSc1ccc(Cl)cc1)N(C)CC1CCOC1. The molecule has 1 aromatic rings. The molecule has 1 amide bonds. The lowest BCUT2D eigenvalue weighted by molar-refractivity contribution is -0.127. The highest BCUT2D eigenvalue weighted by atomic mass is 35.5. The Morgan fingerprint density at radius 1 is 1.33 bits per heavy atom. The number of halogens is 1. The number of likely N-dealkylation sites (N-methyl/N-ethyl adjacent to an activating group) is 1. The molecule has 1 aliphatic rings. The molecule has 1 unspecified atom stereocenters. The van der Waals surface area contributed by atoms with Crippen LogP contribution in [-0.4, -0.2) is 81.4 Å². The highest BCUT2D eigenvalue weighted by molar-refractivity contribution is 7.99. The Hall–Kier alpha value is -1.44. The van der Waals surface area contributed by atoms with Crippen molar-refractivity contribution in [3.8, 4) is 0 Å². The summed E-state index contributed by atoms with van der Waals surface area (Å²) in [7, 11) is 5.50. The van der Waals surface area contributed by atoms with E-state index in [1.807, 2.05) is 31.3 Å². The van der Waals surface area contributed by atoms with Crippen molar-refractivity contribution in [3.05, 3.63) is 29.3 Å². The summed E-state index contributed by atoms with van der Waals surface area (Å²) in [6.07, 6.45) is 1.07. The third-order valence-electron chi connectivity index (χ3n) is 4.25. The van der Waals surface area contributed by atoms with Crippen molar-refractivity contribution in [2.24, 2.45) is 10.9 Å². The van der Waals surface area contributed by atoms with E-state index in [9.17, 15) is 4.79 Å². The molecular formula is C19H29ClN4O2S. The average molecular weight is 413 g/mol. The third kappa shape index (κ3) is 7.99. The van der Waals surface area contributed by atoms with Crippen LogP contribution < -0.4 is 5.32 Å². The Balaban J connectivity index is 1.86. The summed E-state index contributed by atoms with van der Waals surface area (Å²) in [5.74, 6) is 2.15. The van der Waals surface area contributed by atoms with Gasteiger partial charge in [-0.15, -0.1) is 11.8 Å². The lowest BCUT2D eigenvalue weighted by Gasteiger charge is -2.25. The maximum Gasteiger partial charge on any atom is 0.243 e. The second-order valence-corrected chi connectivity index (χ2v) is 8.37. The molecule has 0 aliphatic carbocycles. The molecule has 0 bridgehead atoms. The molecule has 1 N–H and O–H groups in total. The summed E-state index contributed by atoms with van der Waals surface area (Å²) in [6.45, 7) is 3.39. The number of amides is 1. The van der Waals surface area contributed by atoms with Gasteiger partial charge >= 0.3 is 0 Å². The first kappa shape index (κ1) is 21.9. The van der Waals surface area contributed by atoms with Gasteiger partial charge in [-0.1, -0.05) is 11.6 Å². The normalized spacial score (nSPS) is 17.0. The number of hydrogen-bond donors (Lipinski definition) is 1. The second-order valence-electron chi connectivity index (χ2n) is 6.77. The van der Waals surface area contributed by atoms with E-state index in [1.165, 1.54) is 4.90 Å². The largest absolute Gasteiger partial charge is 0.381 e. The second kappa shape index (κ2) is 11.4. The summed E-state index contributed by atoms with van der Waals surface area (Å²) in [6, 6.07) is 7.83. The van der Waals surface area contributed by atoms with E-state index in [-0.39, 0.29) is 12.5 Å². The molecule has 0 radical (unpaired) electrons. The molecule has 2 rings (SSSR count). The van der Waals surface area contributed by atoms with Gasteiger partial charge in [0.2, 0.25) is 5.91 Å². The fraction of sp³-hybridized carbons (Fsp3) is 0.579. The fourth-order valence-corrected chi connectivity index (χ4v) is 3.55. The van der Waals surface area contributed by atoms with Crippen LogP contribution in [0.2, 0.25) is 5.02 Å². The summed E-state index contributed by atoms with van der Waals surface area (Å²) >= 11 is 7.67. The van der Waals surface area contributed by atoms with E-state index < -0.39 is 0 Å². The Morgan fingerprint density at radius 2 is 2.07 bits per heavy atom. The highest BCUT2D eigenvalue weighted by Gasteiger charge is 2.19. The Bertz CT molecular complexity index is 619. The van der Waals surface area contributed by atoms with Crippen LogP contribution in [0.4, 0.5) is 0 Å². The van der Waals surface area contributed by atoms with Gasteiger partial charge in [0.15, 0.2) is 5.96 Å². The number of nitrogens with one attached hydrogen (secondary N) is 1. The van der Waals surface area contributed by atoms with Crippen LogP contribution in [-0.2, 0) is 9.53 Å². The van der Waals surface area contributed by atoms with E-state index in [0.717, 1.165) is 49.5 Å². The average Bonchev–Trinajstić information content (AvgIpc) is 3.15. The van der Waals surface area contributed by atoms with Crippen LogP contribution in [0.25, 0.3) is 0 Å². The highest BCUT2D eigenvalue weighted by Crippen LogP contribution is 2.19. The zero-order valence-electron chi connectivity index (χ0n) is 16.3. The van der Waals surface area contributed by atoms with Crippen molar-refractivity contribution in [2.45, 2.75) is 11.3 Å². The lowest BCUT2D eigenvalue weighted by atomic mass is 10.1. The predicted molar refractivity (Wildman–Crippen MR) is 113 cm³/mol. The Labute approximate surface area is 171 Å². The van der Waals surface area contributed by atoms with Crippen molar-refractivity contribution >= 4 is 35.2 Å². The zero-order chi connectivity index (χ0) is 19.6. The van der Waals surface area contributed by atoms with Crippen LogP contribution in [0, 0.1) is 5.92 Å². The molecule has 1 fully saturated rings. The lowest BCUT2D eigenvalue weighted by Crippen LogP contribution is -2.43. The molecule has 1 saturated heterocycles. The van der Waals surface area contributed by atoms with Gasteiger partial charge < -0.3 is 19.9 Å². The molecule has 1 heterocycles. The molecular weight excluding hydrogens is 384 g/mol. The minimum Gasteiger partial charge on any atom is -0.381 e. The summed E-state index contributed by atoms with van der Waals surface area (Å²) in [5, 5.41) is 4.13. The van der Waals surface area contributed by atoms with Gasteiger partial charge in [-0.25, -0.2) is 4.99 Å². The van der Waals surface area contributed by atoms with E-state index in [2.05, 4.69) is 15.2 Å². The van der Waals surface area contributed by atoms with Crippen molar-refractivity contribution in [2.75, 3.05) is 59.7 Å². The van der Waals surface area contributed by atoms with Gasteiger partial charge in [0.25, 0.3) is 0 Å². The quantitative estimate of drug-likeness (QED) is 0.307. The monoisotopic (exact) mass is 412 g/mol. The summed E-state index contributed by atoms with van der Waals surface area (Å²) in [4.78, 5) is 21.2. The number of benzene rings is 1. The number of guanidine groups is 1. The third-order valence-corrected chi connectivity index (χ3v) is 5.51. The van der Waals surface area contributed by atoms with Crippen molar-refractivity contribution < 1.29 is 9.53 Å². The predicted octanol–water partition coefficient (Wildman–Crippen LogP) is 2.43. The van der Waals surface area contributed by atoms with Crippen LogP contribution in [0.1, 0.15) is 6.42 Å². The molecule has 0 saturated carbocycles. The van der Waals surface area contributed by atoms with Crippen LogP contribution in [0.3, 0.4) is 0 Å². The first-order chi connectivity index (χ1) is 13.0. The topological polar surface area (TPSA) is 57.2 Å². The Kier molecular flexibility index (Phi) is 9.24. The van der Waals surface area contributed by atoms with E-state index in [1.54, 1.807) is 30.8 Å². The minimum atomic E-state index is -0.0116. The van der Waals surface area contributed by atoms with Crippen molar-refractivity contribution in [3.63, 3.8) is 0 Å². The van der Waals surface area contributed by atoms with Crippen molar-refractivity contribution in [1.29, 1.82) is 0 Å². The van der Waals surface area contributed by atoms with Crippen molar-refractivity contribution in [1.82, 2.24) is 15.1 Å². The molecule has 150 valence electrons. The number of carbonyl (C=O) groups excluding carboxylic acids is 1. The molecule has 0 aromatic heterocycles. The van der Waals surface area contributed by atoms with Gasteiger partial charge in [0, 0.05) is 62.4 Å². The Morgan fingerprint density at radius 3 is 2.70 bits per heavy atom. The fourth-order valence-electron chi connectivity index (χ4n) is 2.66. The molecule has 8 heteroatoms. The van der Waals surface area contributed by atoms with Gasteiger partial charge in [0.1, 0.15) is 6.54 Å². The molecule has 6 nitrogen and oxygen atoms in total. The van der Waals surface area contributed by atoms with Crippen LogP contribution in [0.15, 0.2) is 34.2 Å². The molecule has 0 spiro atoms. The summed E-state index contributed by atoms with van der Waals surface area (Å²) in [5.41, 5.74) is 0. The van der Waals surface area contributed by atoms with Crippen LogP contribution in [0.5, 0.6) is 0 Å². The van der Waals surface area contributed by atoms with E-state index in [0.29, 0.717) is 5.92 Å². The number of thioether (sulfide) groups is 1. The first-order valence-corrected chi connectivity index (χ1v) is 10.5. The maximum atomic E-state index is 11.9. The maximum absolute atomic E-state index is 11.9. The van der Waals surface area contributed by atoms with Crippen LogP contribution >= 0.6 is 23.4 Å². The summed E-state index contributed by atoms with van der Waals surface area (Å²) < 4.78 is 5.46.